The molecule has 2 aromatic carbocycles. The van der Waals surface area contributed by atoms with E-state index in [0.29, 0.717) is 0 Å². The second-order valence-electron chi connectivity index (χ2n) is 5.72. The van der Waals surface area contributed by atoms with Gasteiger partial charge in [-0.1, -0.05) is 93.3 Å². The minimum atomic E-state index is -0.396. The first-order valence-electron chi connectivity index (χ1n) is 6.65. The molecular formula is C18H21P. The van der Waals surface area contributed by atoms with Gasteiger partial charge in [0.15, 0.2) is 0 Å². The minimum Gasteiger partial charge on any atom is -0.0780 e. The normalized spacial score (nSPS) is 12.2. The van der Waals surface area contributed by atoms with E-state index >= 15 is 0 Å². The highest BCUT2D eigenvalue weighted by atomic mass is 31.1. The van der Waals surface area contributed by atoms with Crippen LogP contribution in [0.3, 0.4) is 0 Å². The van der Waals surface area contributed by atoms with Gasteiger partial charge in [-0.05, 0) is 23.9 Å². The van der Waals surface area contributed by atoms with Gasteiger partial charge in [0.25, 0.3) is 0 Å². The average molecular weight is 268 g/mol. The van der Waals surface area contributed by atoms with Crippen molar-refractivity contribution in [3.8, 4) is 0 Å². The third kappa shape index (κ3) is 4.33. The van der Waals surface area contributed by atoms with Gasteiger partial charge < -0.3 is 0 Å². The highest BCUT2D eigenvalue weighted by Crippen LogP contribution is 2.36. The first-order chi connectivity index (χ1) is 9.06. The molecule has 1 heteroatoms. The summed E-state index contributed by atoms with van der Waals surface area (Å²) < 4.78 is 0. The molecule has 0 spiro atoms. The lowest BCUT2D eigenvalue weighted by Crippen LogP contribution is -2.10. The summed E-state index contributed by atoms with van der Waals surface area (Å²) in [4.78, 5) is 0. The van der Waals surface area contributed by atoms with E-state index in [0.717, 1.165) is 0 Å². The Morgan fingerprint density at radius 1 is 0.737 bits per heavy atom. The highest BCUT2D eigenvalue weighted by molar-refractivity contribution is 7.75. The van der Waals surface area contributed by atoms with Gasteiger partial charge in [-0.15, -0.1) is 0 Å². The molecule has 0 fully saturated rings. The van der Waals surface area contributed by atoms with Gasteiger partial charge in [0.1, 0.15) is 0 Å². The molecule has 0 unspecified atom stereocenters. The molecule has 0 N–H and O–H groups in total. The zero-order chi connectivity index (χ0) is 13.7. The predicted molar refractivity (Wildman–Crippen MR) is 87.7 cm³/mol. The summed E-state index contributed by atoms with van der Waals surface area (Å²) in [7, 11) is -0.396. The van der Waals surface area contributed by atoms with Crippen LogP contribution in [0.1, 0.15) is 20.8 Å². The molecule has 0 saturated carbocycles. The molecule has 2 rings (SSSR count). The summed E-state index contributed by atoms with van der Waals surface area (Å²) in [5.41, 5.74) is 0.226. The molecule has 0 radical (unpaired) electrons. The molecule has 0 aliphatic rings. The Hall–Kier alpha value is -1.39. The largest absolute Gasteiger partial charge is 0.0780 e. The van der Waals surface area contributed by atoms with Gasteiger partial charge in [0.2, 0.25) is 0 Å². The van der Waals surface area contributed by atoms with Gasteiger partial charge in [-0.3, -0.25) is 0 Å². The molecule has 0 aliphatic heterocycles. The SMILES string of the molecule is CC(C)(C)/C=C\P(c1ccccc1)c1ccccc1. The van der Waals surface area contributed by atoms with E-state index in [1.165, 1.54) is 10.6 Å². The fraction of sp³-hybridized carbons (Fsp3) is 0.222. The summed E-state index contributed by atoms with van der Waals surface area (Å²) >= 11 is 0. The lowest BCUT2D eigenvalue weighted by Gasteiger charge is -2.17. The van der Waals surface area contributed by atoms with Crippen molar-refractivity contribution in [3.63, 3.8) is 0 Å². The van der Waals surface area contributed by atoms with E-state index < -0.39 is 7.92 Å². The van der Waals surface area contributed by atoms with Crippen molar-refractivity contribution in [2.45, 2.75) is 20.8 Å². The number of hydrogen-bond acceptors (Lipinski definition) is 0. The molecule has 0 nitrogen and oxygen atoms in total. The minimum absolute atomic E-state index is 0.226. The van der Waals surface area contributed by atoms with Crippen LogP contribution >= 0.6 is 7.92 Å². The molecule has 0 aromatic heterocycles. The quantitative estimate of drug-likeness (QED) is 0.709. The van der Waals surface area contributed by atoms with Crippen molar-refractivity contribution < 1.29 is 0 Å². The molecule has 0 atom stereocenters. The molecule has 98 valence electrons. The van der Waals surface area contributed by atoms with Crippen LogP contribution in [0.2, 0.25) is 0 Å². The number of allylic oxidation sites excluding steroid dienone is 1. The van der Waals surface area contributed by atoms with Crippen molar-refractivity contribution in [2.24, 2.45) is 5.41 Å². The van der Waals surface area contributed by atoms with E-state index in [-0.39, 0.29) is 5.41 Å². The van der Waals surface area contributed by atoms with Crippen LogP contribution in [0, 0.1) is 5.41 Å². The van der Waals surface area contributed by atoms with E-state index in [2.05, 4.69) is 93.3 Å². The van der Waals surface area contributed by atoms with Crippen LogP contribution in [-0.2, 0) is 0 Å². The summed E-state index contributed by atoms with van der Waals surface area (Å²) in [5, 5.41) is 2.81. The second-order valence-corrected chi connectivity index (χ2v) is 7.79. The lowest BCUT2D eigenvalue weighted by atomic mass is 9.98. The molecule has 0 aliphatic carbocycles. The Morgan fingerprint density at radius 2 is 1.16 bits per heavy atom. The van der Waals surface area contributed by atoms with E-state index in [1.54, 1.807) is 0 Å². The van der Waals surface area contributed by atoms with Crippen LogP contribution in [0.5, 0.6) is 0 Å². The van der Waals surface area contributed by atoms with Gasteiger partial charge in [-0.2, -0.15) is 0 Å². The van der Waals surface area contributed by atoms with Gasteiger partial charge in [0.05, 0.1) is 0 Å². The van der Waals surface area contributed by atoms with Crippen LogP contribution in [-0.4, -0.2) is 0 Å². The van der Waals surface area contributed by atoms with Crippen molar-refractivity contribution in [2.75, 3.05) is 0 Å². The summed E-state index contributed by atoms with van der Waals surface area (Å²) in [6.07, 6.45) is 2.33. The second kappa shape index (κ2) is 6.17. The Kier molecular flexibility index (Phi) is 4.56. The van der Waals surface area contributed by atoms with Crippen LogP contribution < -0.4 is 10.6 Å². The van der Waals surface area contributed by atoms with Gasteiger partial charge in [-0.25, -0.2) is 0 Å². The Balaban J connectivity index is 2.38. The number of rotatable bonds is 3. The molecule has 0 saturated heterocycles. The zero-order valence-corrected chi connectivity index (χ0v) is 12.8. The molecule has 2 aromatic rings. The Labute approximate surface area is 117 Å². The average Bonchev–Trinajstić information content (AvgIpc) is 2.40. The fourth-order valence-corrected chi connectivity index (χ4v) is 4.02. The van der Waals surface area contributed by atoms with Crippen molar-refractivity contribution in [1.82, 2.24) is 0 Å². The third-order valence-electron chi connectivity index (χ3n) is 2.79. The number of hydrogen-bond donors (Lipinski definition) is 0. The fourth-order valence-electron chi connectivity index (χ4n) is 1.80. The van der Waals surface area contributed by atoms with Crippen molar-refractivity contribution in [1.29, 1.82) is 0 Å². The van der Waals surface area contributed by atoms with Gasteiger partial charge in [0, 0.05) is 0 Å². The van der Waals surface area contributed by atoms with Crippen LogP contribution in [0.4, 0.5) is 0 Å². The smallest absolute Gasteiger partial charge is 0.0157 e. The topological polar surface area (TPSA) is 0 Å². The summed E-state index contributed by atoms with van der Waals surface area (Å²) in [5.74, 6) is 2.39. The van der Waals surface area contributed by atoms with Crippen molar-refractivity contribution in [3.05, 3.63) is 72.6 Å². The maximum atomic E-state index is 2.39. The third-order valence-corrected chi connectivity index (χ3v) is 4.95. The predicted octanol–water partition coefficient (Wildman–Crippen LogP) is 4.68. The van der Waals surface area contributed by atoms with Crippen molar-refractivity contribution >= 4 is 18.5 Å². The molecule has 0 bridgehead atoms. The molecule has 19 heavy (non-hydrogen) atoms. The summed E-state index contributed by atoms with van der Waals surface area (Å²) in [6.45, 7) is 6.73. The molecule has 0 amide bonds. The Bertz CT molecular complexity index is 481. The standard InChI is InChI=1S/C18H21P/c1-18(2,3)14-15-19(16-10-6-4-7-11-16)17-12-8-5-9-13-17/h4-15H,1-3H3/b15-14-. The van der Waals surface area contributed by atoms with E-state index in [4.69, 9.17) is 0 Å². The number of benzene rings is 2. The highest BCUT2D eigenvalue weighted by Gasteiger charge is 2.12. The first-order valence-corrected chi connectivity index (χ1v) is 8.06. The maximum absolute atomic E-state index is 2.39. The monoisotopic (exact) mass is 268 g/mol. The first kappa shape index (κ1) is 14.0. The lowest BCUT2D eigenvalue weighted by molar-refractivity contribution is 0.545. The molecular weight excluding hydrogens is 247 g/mol. The Morgan fingerprint density at radius 3 is 1.53 bits per heavy atom. The zero-order valence-electron chi connectivity index (χ0n) is 11.9. The van der Waals surface area contributed by atoms with Crippen LogP contribution in [0.25, 0.3) is 0 Å². The van der Waals surface area contributed by atoms with Crippen LogP contribution in [0.15, 0.2) is 72.6 Å². The van der Waals surface area contributed by atoms with Gasteiger partial charge >= 0.3 is 0 Å². The maximum Gasteiger partial charge on any atom is -0.0157 e. The summed E-state index contributed by atoms with van der Waals surface area (Å²) in [6, 6.07) is 21.6. The van der Waals surface area contributed by atoms with E-state index in [1.807, 2.05) is 0 Å². The molecule has 0 heterocycles. The van der Waals surface area contributed by atoms with E-state index in [9.17, 15) is 0 Å².